The van der Waals surface area contributed by atoms with Gasteiger partial charge in [0.15, 0.2) is 0 Å². The van der Waals surface area contributed by atoms with Crippen LogP contribution in [0.4, 0.5) is 4.39 Å². The van der Waals surface area contributed by atoms with Crippen molar-refractivity contribution >= 4 is 11.0 Å². The zero-order valence-corrected chi connectivity index (χ0v) is 12.4. The molecule has 0 radical (unpaired) electrons. The van der Waals surface area contributed by atoms with E-state index in [0.29, 0.717) is 29.5 Å². The summed E-state index contributed by atoms with van der Waals surface area (Å²) in [6.07, 6.45) is 2.06. The van der Waals surface area contributed by atoms with Crippen LogP contribution in [0.5, 0.6) is 0 Å². The molecule has 0 spiro atoms. The zero-order valence-electron chi connectivity index (χ0n) is 12.4. The number of aryl methyl sites for hydroxylation is 1. The van der Waals surface area contributed by atoms with Crippen molar-refractivity contribution in [2.75, 3.05) is 0 Å². The van der Waals surface area contributed by atoms with E-state index in [-0.39, 0.29) is 5.82 Å². The number of hydrogen-bond acceptors (Lipinski definition) is 4. The van der Waals surface area contributed by atoms with E-state index < -0.39 is 0 Å². The molecule has 0 saturated carbocycles. The third kappa shape index (κ3) is 2.36. The summed E-state index contributed by atoms with van der Waals surface area (Å²) in [4.78, 5) is 8.69. The average Bonchev–Trinajstić information content (AvgIpc) is 3.14. The quantitative estimate of drug-likeness (QED) is 0.631. The van der Waals surface area contributed by atoms with Gasteiger partial charge in [0, 0.05) is 12.6 Å². The van der Waals surface area contributed by atoms with Crippen molar-refractivity contribution < 1.29 is 4.39 Å². The summed E-state index contributed by atoms with van der Waals surface area (Å²) in [6.45, 7) is 1.80. The van der Waals surface area contributed by atoms with Crippen LogP contribution in [0.25, 0.3) is 17.0 Å². The van der Waals surface area contributed by atoms with E-state index in [9.17, 15) is 4.39 Å². The summed E-state index contributed by atoms with van der Waals surface area (Å²) in [7, 11) is 0. The summed E-state index contributed by atoms with van der Waals surface area (Å²) in [5.41, 5.74) is 2.80. The minimum atomic E-state index is -0.248. The second kappa shape index (κ2) is 5.28. The number of benzene rings is 1. The highest BCUT2D eigenvalue weighted by Gasteiger charge is 2.16. The van der Waals surface area contributed by atoms with Crippen LogP contribution in [0.1, 0.15) is 17.1 Å². The molecule has 0 aliphatic heterocycles. The van der Waals surface area contributed by atoms with Gasteiger partial charge in [-0.2, -0.15) is 19.9 Å². The van der Waals surface area contributed by atoms with Crippen LogP contribution >= 0.6 is 0 Å². The van der Waals surface area contributed by atoms with Gasteiger partial charge in [-0.1, -0.05) is 18.2 Å². The number of nitrogens with one attached hydrogen (secondary N) is 1. The van der Waals surface area contributed by atoms with Gasteiger partial charge < -0.3 is 0 Å². The first-order valence-corrected chi connectivity index (χ1v) is 7.18. The van der Waals surface area contributed by atoms with E-state index in [2.05, 4.69) is 25.3 Å². The zero-order chi connectivity index (χ0) is 15.8. The topological polar surface area (TPSA) is 72.3 Å². The van der Waals surface area contributed by atoms with E-state index in [1.54, 1.807) is 29.9 Å². The predicted octanol–water partition coefficient (Wildman–Crippen LogP) is 2.58. The van der Waals surface area contributed by atoms with Gasteiger partial charge in [0.1, 0.15) is 17.2 Å². The standard InChI is InChI=1S/C16H13FN6/c1-10-19-16(21-20-10)23-14-7-4-8-18-15(14)13(22-23)9-11-5-2-3-6-12(11)17/h2-8H,9H2,1H3,(H,19,20,21). The van der Waals surface area contributed by atoms with E-state index in [4.69, 9.17) is 0 Å². The summed E-state index contributed by atoms with van der Waals surface area (Å²) in [5.74, 6) is 0.894. The second-order valence-corrected chi connectivity index (χ2v) is 5.20. The van der Waals surface area contributed by atoms with Gasteiger partial charge in [-0.05, 0) is 30.7 Å². The summed E-state index contributed by atoms with van der Waals surface area (Å²) in [5, 5.41) is 11.4. The lowest BCUT2D eigenvalue weighted by molar-refractivity contribution is 0.613. The summed E-state index contributed by atoms with van der Waals surface area (Å²) in [6, 6.07) is 10.4. The third-order valence-corrected chi connectivity index (χ3v) is 3.61. The van der Waals surface area contributed by atoms with Gasteiger partial charge in [-0.25, -0.2) is 9.49 Å². The Labute approximate surface area is 131 Å². The fourth-order valence-electron chi connectivity index (χ4n) is 2.54. The van der Waals surface area contributed by atoms with Crippen LogP contribution in [0.3, 0.4) is 0 Å². The van der Waals surface area contributed by atoms with Crippen molar-refractivity contribution in [1.29, 1.82) is 0 Å². The largest absolute Gasteiger partial charge is 0.253 e. The Bertz CT molecular complexity index is 987. The maximum Gasteiger partial charge on any atom is 0.247 e. The van der Waals surface area contributed by atoms with Gasteiger partial charge in [0.2, 0.25) is 5.95 Å². The fourth-order valence-corrected chi connectivity index (χ4v) is 2.54. The fraction of sp³-hybridized carbons (Fsp3) is 0.125. The maximum atomic E-state index is 13.9. The molecule has 1 aromatic carbocycles. The number of rotatable bonds is 3. The molecule has 0 aliphatic rings. The van der Waals surface area contributed by atoms with Crippen molar-refractivity contribution in [2.45, 2.75) is 13.3 Å². The monoisotopic (exact) mass is 308 g/mol. The van der Waals surface area contributed by atoms with Crippen molar-refractivity contribution in [2.24, 2.45) is 0 Å². The SMILES string of the molecule is Cc1n[nH]c(-n2nc(Cc3ccccc3F)c3ncccc32)n1. The molecular weight excluding hydrogens is 295 g/mol. The van der Waals surface area contributed by atoms with Gasteiger partial charge in [-0.15, -0.1) is 0 Å². The van der Waals surface area contributed by atoms with E-state index in [0.717, 1.165) is 11.0 Å². The highest BCUT2D eigenvalue weighted by Crippen LogP contribution is 2.21. The molecule has 0 bridgehead atoms. The van der Waals surface area contributed by atoms with E-state index >= 15 is 0 Å². The molecule has 6 nitrogen and oxygen atoms in total. The van der Waals surface area contributed by atoms with E-state index in [1.807, 2.05) is 18.2 Å². The Kier molecular flexibility index (Phi) is 3.11. The smallest absolute Gasteiger partial charge is 0.247 e. The molecule has 0 atom stereocenters. The van der Waals surface area contributed by atoms with Crippen molar-refractivity contribution in [1.82, 2.24) is 29.9 Å². The number of pyridine rings is 1. The van der Waals surface area contributed by atoms with Crippen LogP contribution in [-0.4, -0.2) is 29.9 Å². The molecule has 0 aliphatic carbocycles. The number of hydrogen-bond donors (Lipinski definition) is 1. The summed E-state index contributed by atoms with van der Waals surface area (Å²) >= 11 is 0. The number of nitrogens with zero attached hydrogens (tertiary/aromatic N) is 5. The Morgan fingerprint density at radius 2 is 2.04 bits per heavy atom. The molecule has 0 unspecified atom stereocenters. The van der Waals surface area contributed by atoms with Gasteiger partial charge >= 0.3 is 0 Å². The van der Waals surface area contributed by atoms with Crippen molar-refractivity contribution in [3.8, 4) is 5.95 Å². The van der Waals surface area contributed by atoms with Gasteiger partial charge in [0.25, 0.3) is 0 Å². The minimum absolute atomic E-state index is 0.248. The Hall–Kier alpha value is -3.09. The number of halogens is 1. The number of H-pyrrole nitrogens is 1. The van der Waals surface area contributed by atoms with E-state index in [1.165, 1.54) is 6.07 Å². The second-order valence-electron chi connectivity index (χ2n) is 5.20. The van der Waals surface area contributed by atoms with Gasteiger partial charge in [-0.3, -0.25) is 4.98 Å². The first-order valence-electron chi connectivity index (χ1n) is 7.18. The molecule has 3 aromatic heterocycles. The molecule has 0 amide bonds. The number of fused-ring (bicyclic) bond motifs is 1. The van der Waals surface area contributed by atoms with Crippen molar-refractivity contribution in [3.63, 3.8) is 0 Å². The molecular formula is C16H13FN6. The molecule has 1 N–H and O–H groups in total. The third-order valence-electron chi connectivity index (χ3n) is 3.61. The molecule has 114 valence electrons. The minimum Gasteiger partial charge on any atom is -0.253 e. The number of aromatic nitrogens is 6. The van der Waals surface area contributed by atoms with Crippen LogP contribution in [0, 0.1) is 12.7 Å². The first-order chi connectivity index (χ1) is 11.2. The highest BCUT2D eigenvalue weighted by atomic mass is 19.1. The predicted molar refractivity (Wildman–Crippen MR) is 82.7 cm³/mol. The van der Waals surface area contributed by atoms with Crippen molar-refractivity contribution in [3.05, 3.63) is 65.5 Å². The lowest BCUT2D eigenvalue weighted by Gasteiger charge is -2.00. The maximum absolute atomic E-state index is 13.9. The first kappa shape index (κ1) is 13.6. The molecule has 3 heterocycles. The summed E-state index contributed by atoms with van der Waals surface area (Å²) < 4.78 is 15.6. The van der Waals surface area contributed by atoms with Crippen LogP contribution in [-0.2, 0) is 6.42 Å². The van der Waals surface area contributed by atoms with Gasteiger partial charge in [0.05, 0.1) is 11.2 Å². The van der Waals surface area contributed by atoms with Crippen LogP contribution in [0.15, 0.2) is 42.6 Å². The normalized spacial score (nSPS) is 11.2. The highest BCUT2D eigenvalue weighted by molar-refractivity contribution is 5.79. The molecule has 23 heavy (non-hydrogen) atoms. The molecule has 7 heteroatoms. The Morgan fingerprint density at radius 1 is 1.17 bits per heavy atom. The Morgan fingerprint density at radius 3 is 2.83 bits per heavy atom. The number of aromatic amines is 1. The van der Waals surface area contributed by atoms with Crippen LogP contribution < -0.4 is 0 Å². The molecule has 4 rings (SSSR count). The van der Waals surface area contributed by atoms with Crippen LogP contribution in [0.2, 0.25) is 0 Å². The lowest BCUT2D eigenvalue weighted by atomic mass is 10.1. The molecule has 0 saturated heterocycles. The lowest BCUT2D eigenvalue weighted by Crippen LogP contribution is -2.00. The average molecular weight is 308 g/mol. The Balaban J connectivity index is 1.86. The molecule has 4 aromatic rings. The molecule has 0 fully saturated rings.